The van der Waals surface area contributed by atoms with E-state index in [1.807, 2.05) is 6.92 Å². The first kappa shape index (κ1) is 14.8. The van der Waals surface area contributed by atoms with E-state index in [0.717, 1.165) is 31.5 Å². The topological polar surface area (TPSA) is 70.6 Å². The van der Waals surface area contributed by atoms with E-state index in [2.05, 4.69) is 10.6 Å². The number of benzene rings is 1. The highest BCUT2D eigenvalue weighted by Gasteiger charge is 2.14. The van der Waals surface area contributed by atoms with E-state index in [1.165, 1.54) is 0 Å². The molecule has 2 rings (SSSR count). The fourth-order valence-electron chi connectivity index (χ4n) is 2.28. The molecule has 1 aliphatic rings. The molecule has 1 fully saturated rings. The molecule has 1 aromatic rings. The first-order chi connectivity index (χ1) is 9.66. The van der Waals surface area contributed by atoms with Gasteiger partial charge in [-0.15, -0.1) is 0 Å². The summed E-state index contributed by atoms with van der Waals surface area (Å²) in [4.78, 5) is 11.9. The molecule has 5 nitrogen and oxygen atoms in total. The SMILES string of the molecule is Cc1ccc(C(=O)NCCOC2CCNCC2)c(O)c1. The number of carbonyl (C=O) groups excluding carboxylic acids is 1. The lowest BCUT2D eigenvalue weighted by atomic mass is 10.1. The van der Waals surface area contributed by atoms with Crippen molar-refractivity contribution in [2.75, 3.05) is 26.2 Å². The van der Waals surface area contributed by atoms with Crippen molar-refractivity contribution in [2.45, 2.75) is 25.9 Å². The van der Waals surface area contributed by atoms with Gasteiger partial charge in [-0.3, -0.25) is 4.79 Å². The van der Waals surface area contributed by atoms with Gasteiger partial charge in [0, 0.05) is 6.54 Å². The van der Waals surface area contributed by atoms with Crippen LogP contribution in [0.15, 0.2) is 18.2 Å². The lowest BCUT2D eigenvalue weighted by Crippen LogP contribution is -2.34. The van der Waals surface area contributed by atoms with E-state index in [9.17, 15) is 9.90 Å². The fourth-order valence-corrected chi connectivity index (χ4v) is 2.28. The largest absolute Gasteiger partial charge is 0.507 e. The molecular weight excluding hydrogens is 256 g/mol. The smallest absolute Gasteiger partial charge is 0.255 e. The van der Waals surface area contributed by atoms with Crippen molar-refractivity contribution in [2.24, 2.45) is 0 Å². The molecule has 0 aromatic heterocycles. The molecule has 0 radical (unpaired) electrons. The Kier molecular flexibility index (Phi) is 5.38. The quantitative estimate of drug-likeness (QED) is 0.708. The number of piperidine rings is 1. The Balaban J connectivity index is 1.72. The normalized spacial score (nSPS) is 16.1. The van der Waals surface area contributed by atoms with Crippen molar-refractivity contribution < 1.29 is 14.6 Å². The van der Waals surface area contributed by atoms with Gasteiger partial charge in [-0.1, -0.05) is 6.07 Å². The molecule has 0 unspecified atom stereocenters. The van der Waals surface area contributed by atoms with Gasteiger partial charge in [0.1, 0.15) is 5.75 Å². The Morgan fingerprint density at radius 1 is 1.45 bits per heavy atom. The standard InChI is InChI=1S/C15H22N2O3/c1-11-2-3-13(14(18)10-11)15(19)17-8-9-20-12-4-6-16-7-5-12/h2-3,10,12,16,18H,4-9H2,1H3,(H,17,19). The van der Waals surface area contributed by atoms with E-state index in [0.29, 0.717) is 24.8 Å². The van der Waals surface area contributed by atoms with E-state index in [1.54, 1.807) is 18.2 Å². The van der Waals surface area contributed by atoms with Crippen molar-refractivity contribution in [1.29, 1.82) is 0 Å². The average Bonchev–Trinajstić information content (AvgIpc) is 2.44. The monoisotopic (exact) mass is 278 g/mol. The predicted molar refractivity (Wildman–Crippen MR) is 77.0 cm³/mol. The number of aryl methyl sites for hydroxylation is 1. The van der Waals surface area contributed by atoms with Crippen molar-refractivity contribution in [3.8, 4) is 5.75 Å². The molecule has 1 aromatic carbocycles. The second-order valence-electron chi connectivity index (χ2n) is 5.10. The zero-order valence-corrected chi connectivity index (χ0v) is 11.8. The number of phenols is 1. The van der Waals surface area contributed by atoms with Crippen molar-refractivity contribution in [1.82, 2.24) is 10.6 Å². The summed E-state index contributed by atoms with van der Waals surface area (Å²) in [6.45, 7) is 4.82. The van der Waals surface area contributed by atoms with Crippen LogP contribution in [0.2, 0.25) is 0 Å². The van der Waals surface area contributed by atoms with Gasteiger partial charge in [0.15, 0.2) is 0 Å². The summed E-state index contributed by atoms with van der Waals surface area (Å²) in [5.41, 5.74) is 1.23. The third-order valence-electron chi connectivity index (χ3n) is 3.43. The fraction of sp³-hybridized carbons (Fsp3) is 0.533. The summed E-state index contributed by atoms with van der Waals surface area (Å²) >= 11 is 0. The van der Waals surface area contributed by atoms with Gasteiger partial charge >= 0.3 is 0 Å². The zero-order chi connectivity index (χ0) is 14.4. The van der Waals surface area contributed by atoms with E-state index in [-0.39, 0.29) is 11.7 Å². The highest BCUT2D eigenvalue weighted by molar-refractivity contribution is 5.96. The van der Waals surface area contributed by atoms with Crippen LogP contribution >= 0.6 is 0 Å². The van der Waals surface area contributed by atoms with Gasteiger partial charge in [0.2, 0.25) is 0 Å². The summed E-state index contributed by atoms with van der Waals surface area (Å²) in [5, 5.41) is 15.8. The average molecular weight is 278 g/mol. The first-order valence-electron chi connectivity index (χ1n) is 7.07. The number of carbonyl (C=O) groups is 1. The van der Waals surface area contributed by atoms with Crippen molar-refractivity contribution >= 4 is 5.91 Å². The van der Waals surface area contributed by atoms with Crippen LogP contribution in [0.25, 0.3) is 0 Å². The van der Waals surface area contributed by atoms with Crippen LogP contribution in [-0.2, 0) is 4.74 Å². The maximum Gasteiger partial charge on any atom is 0.255 e. The maximum absolute atomic E-state index is 11.9. The third kappa shape index (κ3) is 4.21. The molecule has 3 N–H and O–H groups in total. The molecule has 110 valence electrons. The van der Waals surface area contributed by atoms with E-state index >= 15 is 0 Å². The lowest BCUT2D eigenvalue weighted by Gasteiger charge is -2.22. The van der Waals surface area contributed by atoms with Gasteiger partial charge in [-0.2, -0.15) is 0 Å². The third-order valence-corrected chi connectivity index (χ3v) is 3.43. The molecule has 5 heteroatoms. The molecule has 1 heterocycles. The molecule has 0 spiro atoms. The molecule has 0 atom stereocenters. The Bertz CT molecular complexity index is 456. The van der Waals surface area contributed by atoms with E-state index < -0.39 is 0 Å². The number of hydrogen-bond acceptors (Lipinski definition) is 4. The number of hydrogen-bond donors (Lipinski definition) is 3. The van der Waals surface area contributed by atoms with Gasteiger partial charge in [-0.25, -0.2) is 0 Å². The summed E-state index contributed by atoms with van der Waals surface area (Å²) < 4.78 is 5.70. The molecular formula is C15H22N2O3. The van der Waals surface area contributed by atoms with Crippen molar-refractivity contribution in [3.05, 3.63) is 29.3 Å². The van der Waals surface area contributed by atoms with Crippen LogP contribution in [0.3, 0.4) is 0 Å². The second kappa shape index (κ2) is 7.26. The molecule has 0 saturated carbocycles. The summed E-state index contributed by atoms with van der Waals surface area (Å²) in [7, 11) is 0. The van der Waals surface area contributed by atoms with Gasteiger partial charge < -0.3 is 20.5 Å². The highest BCUT2D eigenvalue weighted by atomic mass is 16.5. The number of nitrogens with one attached hydrogen (secondary N) is 2. The molecule has 1 amide bonds. The number of ether oxygens (including phenoxy) is 1. The number of rotatable bonds is 5. The predicted octanol–water partition coefficient (Wildman–Crippen LogP) is 1.20. The van der Waals surface area contributed by atoms with Crippen LogP contribution in [0.5, 0.6) is 5.75 Å². The Morgan fingerprint density at radius 3 is 2.90 bits per heavy atom. The van der Waals surface area contributed by atoms with Crippen LogP contribution < -0.4 is 10.6 Å². The van der Waals surface area contributed by atoms with Crippen LogP contribution in [0, 0.1) is 6.92 Å². The maximum atomic E-state index is 11.9. The Morgan fingerprint density at radius 2 is 2.20 bits per heavy atom. The Labute approximate surface area is 119 Å². The minimum absolute atomic E-state index is 0.0155. The molecule has 20 heavy (non-hydrogen) atoms. The van der Waals surface area contributed by atoms with Crippen molar-refractivity contribution in [3.63, 3.8) is 0 Å². The minimum Gasteiger partial charge on any atom is -0.507 e. The summed E-state index contributed by atoms with van der Waals surface area (Å²) in [6, 6.07) is 5.02. The molecule has 1 saturated heterocycles. The van der Waals surface area contributed by atoms with E-state index in [4.69, 9.17) is 4.74 Å². The lowest BCUT2D eigenvalue weighted by molar-refractivity contribution is 0.0343. The Hall–Kier alpha value is -1.59. The van der Waals surface area contributed by atoms with Crippen LogP contribution in [0.1, 0.15) is 28.8 Å². The molecule has 0 bridgehead atoms. The number of phenolic OH excluding ortho intramolecular Hbond substituents is 1. The van der Waals surface area contributed by atoms with Gasteiger partial charge in [-0.05, 0) is 50.6 Å². The summed E-state index contributed by atoms with van der Waals surface area (Å²) in [5.74, 6) is -0.252. The summed E-state index contributed by atoms with van der Waals surface area (Å²) in [6.07, 6.45) is 2.33. The zero-order valence-electron chi connectivity index (χ0n) is 11.8. The van der Waals surface area contributed by atoms with Gasteiger partial charge in [0.05, 0.1) is 18.3 Å². The van der Waals surface area contributed by atoms with Gasteiger partial charge in [0.25, 0.3) is 5.91 Å². The van der Waals surface area contributed by atoms with Crippen LogP contribution in [0.4, 0.5) is 0 Å². The second-order valence-corrected chi connectivity index (χ2v) is 5.10. The molecule has 1 aliphatic heterocycles. The first-order valence-corrected chi connectivity index (χ1v) is 7.07. The highest BCUT2D eigenvalue weighted by Crippen LogP contribution is 2.17. The minimum atomic E-state index is -0.267. The van der Waals surface area contributed by atoms with Crippen LogP contribution in [-0.4, -0.2) is 43.4 Å². The number of amides is 1. The molecule has 0 aliphatic carbocycles. The number of aromatic hydroxyl groups is 1.